The summed E-state index contributed by atoms with van der Waals surface area (Å²) in [6, 6.07) is 0. The van der Waals surface area contributed by atoms with E-state index in [0.29, 0.717) is 0 Å². The van der Waals surface area contributed by atoms with Crippen molar-refractivity contribution in [2.24, 2.45) is 0 Å². The number of imidazole rings is 1. The number of terminal acetylenes is 1. The SMILES string of the molecule is C#C[C@@]1(F)[C@H](O)[C@@H](CO)O[C@H]1n1cnc2c(N)nc(Cl)nc21. The van der Waals surface area contributed by atoms with Crippen LogP contribution in [0.25, 0.3) is 11.2 Å². The second-order valence-corrected chi connectivity index (χ2v) is 5.11. The molecule has 4 N–H and O–H groups in total. The van der Waals surface area contributed by atoms with Crippen LogP contribution in [0.15, 0.2) is 6.33 Å². The summed E-state index contributed by atoms with van der Waals surface area (Å²) in [6.45, 7) is -0.602. The van der Waals surface area contributed by atoms with Crippen LogP contribution in [0, 0.1) is 12.3 Å². The highest BCUT2D eigenvalue weighted by atomic mass is 35.5. The van der Waals surface area contributed by atoms with Crippen molar-refractivity contribution in [2.75, 3.05) is 12.3 Å². The Labute approximate surface area is 128 Å². The fraction of sp³-hybridized carbons (Fsp3) is 0.417. The second-order valence-electron chi connectivity index (χ2n) is 4.77. The summed E-state index contributed by atoms with van der Waals surface area (Å²) in [7, 11) is 0. The third-order valence-corrected chi connectivity index (χ3v) is 3.69. The minimum absolute atomic E-state index is 0.0103. The van der Waals surface area contributed by atoms with Gasteiger partial charge in [0.15, 0.2) is 17.7 Å². The van der Waals surface area contributed by atoms with Gasteiger partial charge < -0.3 is 20.7 Å². The summed E-state index contributed by atoms with van der Waals surface area (Å²) in [4.78, 5) is 11.6. The van der Waals surface area contributed by atoms with E-state index in [1.165, 1.54) is 6.33 Å². The number of aliphatic hydroxyl groups is 2. The van der Waals surface area contributed by atoms with Crippen LogP contribution in [-0.4, -0.2) is 54.2 Å². The summed E-state index contributed by atoms with van der Waals surface area (Å²) < 4.78 is 21.4. The van der Waals surface area contributed by atoms with E-state index in [4.69, 9.17) is 33.6 Å². The number of aliphatic hydroxyl groups excluding tert-OH is 2. The maximum absolute atomic E-state index is 15.0. The van der Waals surface area contributed by atoms with Gasteiger partial charge in [-0.3, -0.25) is 4.57 Å². The van der Waals surface area contributed by atoms with Crippen molar-refractivity contribution < 1.29 is 19.3 Å². The van der Waals surface area contributed by atoms with Crippen molar-refractivity contribution in [3.8, 4) is 12.3 Å². The first-order valence-electron chi connectivity index (χ1n) is 6.19. The lowest BCUT2D eigenvalue weighted by Gasteiger charge is -2.23. The normalized spacial score (nSPS) is 31.5. The summed E-state index contributed by atoms with van der Waals surface area (Å²) in [5.41, 5.74) is 3.39. The minimum atomic E-state index is -2.58. The van der Waals surface area contributed by atoms with Gasteiger partial charge in [-0.05, 0) is 11.6 Å². The first kappa shape index (κ1) is 14.9. The van der Waals surface area contributed by atoms with Gasteiger partial charge >= 0.3 is 0 Å². The van der Waals surface area contributed by atoms with E-state index in [-0.39, 0.29) is 22.3 Å². The lowest BCUT2D eigenvalue weighted by molar-refractivity contribution is -0.0504. The molecule has 22 heavy (non-hydrogen) atoms. The fourth-order valence-corrected chi connectivity index (χ4v) is 2.58. The van der Waals surface area contributed by atoms with E-state index in [0.717, 1.165) is 4.57 Å². The molecule has 1 aliphatic rings. The third kappa shape index (κ3) is 1.93. The van der Waals surface area contributed by atoms with Gasteiger partial charge in [0.05, 0.1) is 12.9 Å². The Kier molecular flexibility index (Phi) is 3.41. The van der Waals surface area contributed by atoms with Crippen LogP contribution in [0.4, 0.5) is 10.2 Å². The number of hydrogen-bond donors (Lipinski definition) is 3. The second kappa shape index (κ2) is 5.03. The molecule has 3 rings (SSSR count). The smallest absolute Gasteiger partial charge is 0.243 e. The van der Waals surface area contributed by atoms with Crippen LogP contribution in [-0.2, 0) is 4.74 Å². The van der Waals surface area contributed by atoms with Crippen LogP contribution in [0.2, 0.25) is 5.28 Å². The standard InChI is InChI=1S/C12H11ClFN5O3/c1-2-12(14)7(21)5(3-20)22-10(12)19-4-16-6-8(15)17-11(13)18-9(6)19/h1,4-5,7,10,20-21H,3H2,(H2,15,17,18)/t5-,7-,10-,12-/m1/s1. The minimum Gasteiger partial charge on any atom is -0.394 e. The molecule has 3 heterocycles. The predicted molar refractivity (Wildman–Crippen MR) is 74.4 cm³/mol. The van der Waals surface area contributed by atoms with Crippen molar-refractivity contribution >= 4 is 28.6 Å². The van der Waals surface area contributed by atoms with E-state index in [1.54, 1.807) is 0 Å². The first-order valence-corrected chi connectivity index (χ1v) is 6.56. The molecule has 0 saturated carbocycles. The molecule has 0 amide bonds. The number of halogens is 2. The largest absolute Gasteiger partial charge is 0.394 e. The number of hydrogen-bond acceptors (Lipinski definition) is 7. The molecule has 0 spiro atoms. The highest BCUT2D eigenvalue weighted by Gasteiger charge is 2.57. The molecule has 8 nitrogen and oxygen atoms in total. The molecule has 1 aliphatic heterocycles. The Balaban J connectivity index is 2.17. The van der Waals surface area contributed by atoms with E-state index in [1.807, 2.05) is 5.92 Å². The van der Waals surface area contributed by atoms with Crippen LogP contribution in [0.5, 0.6) is 0 Å². The monoisotopic (exact) mass is 327 g/mol. The molecular weight excluding hydrogens is 317 g/mol. The molecule has 0 unspecified atom stereocenters. The zero-order chi connectivity index (χ0) is 16.1. The molecule has 4 atom stereocenters. The number of nitrogen functional groups attached to an aromatic ring is 1. The number of anilines is 1. The van der Waals surface area contributed by atoms with E-state index in [2.05, 4.69) is 15.0 Å². The van der Waals surface area contributed by atoms with Crippen LogP contribution < -0.4 is 5.73 Å². The van der Waals surface area contributed by atoms with Crippen LogP contribution in [0.3, 0.4) is 0 Å². The molecule has 1 saturated heterocycles. The highest BCUT2D eigenvalue weighted by molar-refractivity contribution is 6.28. The Bertz CT molecular complexity index is 778. The highest BCUT2D eigenvalue weighted by Crippen LogP contribution is 2.42. The summed E-state index contributed by atoms with van der Waals surface area (Å²) in [6.07, 6.45) is 2.08. The number of nitrogens with zero attached hydrogens (tertiary/aromatic N) is 4. The van der Waals surface area contributed by atoms with Gasteiger partial charge in [-0.25, -0.2) is 9.37 Å². The quantitative estimate of drug-likeness (QED) is 0.509. The maximum atomic E-state index is 15.0. The Morgan fingerprint density at radius 2 is 2.32 bits per heavy atom. The zero-order valence-electron chi connectivity index (χ0n) is 11.0. The average Bonchev–Trinajstić information content (AvgIpc) is 3.00. The van der Waals surface area contributed by atoms with Crippen molar-refractivity contribution in [3.05, 3.63) is 11.6 Å². The van der Waals surface area contributed by atoms with Gasteiger partial charge in [0.25, 0.3) is 0 Å². The topological polar surface area (TPSA) is 119 Å². The predicted octanol–water partition coefficient (Wildman–Crippen LogP) is -0.346. The van der Waals surface area contributed by atoms with E-state index < -0.39 is 30.7 Å². The molecule has 0 radical (unpaired) electrons. The van der Waals surface area contributed by atoms with Crippen molar-refractivity contribution in [1.29, 1.82) is 0 Å². The van der Waals surface area contributed by atoms with Crippen molar-refractivity contribution in [3.63, 3.8) is 0 Å². The molecule has 2 aromatic rings. The van der Waals surface area contributed by atoms with Gasteiger partial charge in [0, 0.05) is 0 Å². The van der Waals surface area contributed by atoms with Gasteiger partial charge in [-0.2, -0.15) is 9.97 Å². The Hall–Kier alpha value is -1.99. The first-order chi connectivity index (χ1) is 10.4. The summed E-state index contributed by atoms with van der Waals surface area (Å²) in [5.74, 6) is 1.89. The molecular formula is C12H11ClFN5O3. The van der Waals surface area contributed by atoms with E-state index >= 15 is 0 Å². The number of rotatable bonds is 2. The van der Waals surface area contributed by atoms with Gasteiger partial charge in [-0.1, -0.05) is 5.92 Å². The number of alkyl halides is 1. The molecule has 10 heteroatoms. The van der Waals surface area contributed by atoms with Crippen molar-refractivity contribution in [1.82, 2.24) is 19.5 Å². The van der Waals surface area contributed by atoms with Crippen LogP contribution >= 0.6 is 11.6 Å². The van der Waals surface area contributed by atoms with Gasteiger partial charge in [0.1, 0.15) is 17.7 Å². The van der Waals surface area contributed by atoms with Gasteiger partial charge in [0.2, 0.25) is 11.0 Å². The molecule has 0 bridgehead atoms. The average molecular weight is 328 g/mol. The number of nitrogens with two attached hydrogens (primary N) is 1. The maximum Gasteiger partial charge on any atom is 0.243 e. The summed E-state index contributed by atoms with van der Waals surface area (Å²) in [5, 5.41) is 18.9. The summed E-state index contributed by atoms with van der Waals surface area (Å²) >= 11 is 5.74. The Morgan fingerprint density at radius 3 is 2.95 bits per heavy atom. The molecule has 1 fully saturated rings. The third-order valence-electron chi connectivity index (χ3n) is 3.52. The molecule has 2 aromatic heterocycles. The van der Waals surface area contributed by atoms with E-state index in [9.17, 15) is 9.50 Å². The zero-order valence-corrected chi connectivity index (χ0v) is 11.8. The lowest BCUT2D eigenvalue weighted by atomic mass is 9.97. The molecule has 0 aliphatic carbocycles. The lowest BCUT2D eigenvalue weighted by Crippen LogP contribution is -2.42. The molecule has 0 aromatic carbocycles. The van der Waals surface area contributed by atoms with Gasteiger partial charge in [-0.15, -0.1) is 6.42 Å². The Morgan fingerprint density at radius 1 is 1.59 bits per heavy atom. The number of fused-ring (bicyclic) bond motifs is 1. The van der Waals surface area contributed by atoms with Crippen LogP contribution in [0.1, 0.15) is 6.23 Å². The molecule has 116 valence electrons. The van der Waals surface area contributed by atoms with Crippen molar-refractivity contribution in [2.45, 2.75) is 24.1 Å². The number of ether oxygens (including phenoxy) is 1. The fourth-order valence-electron chi connectivity index (χ4n) is 2.41. The number of aromatic nitrogens is 4.